The van der Waals surface area contributed by atoms with Gasteiger partial charge in [-0.05, 0) is 31.4 Å². The molecule has 2 aromatic rings. The lowest BCUT2D eigenvalue weighted by Gasteiger charge is -2.20. The molecule has 0 fully saturated rings. The van der Waals surface area contributed by atoms with Gasteiger partial charge in [0.2, 0.25) is 0 Å². The molecule has 1 atom stereocenters. The van der Waals surface area contributed by atoms with Crippen LogP contribution < -0.4 is 5.32 Å². The van der Waals surface area contributed by atoms with E-state index < -0.39 is 0 Å². The normalized spacial score (nSPS) is 13.2. The maximum Gasteiger partial charge on any atom is 0.199 e. The summed E-state index contributed by atoms with van der Waals surface area (Å²) in [5.41, 5.74) is 0.641. The van der Waals surface area contributed by atoms with Crippen LogP contribution in [0.2, 0.25) is 0 Å². The summed E-state index contributed by atoms with van der Waals surface area (Å²) in [6.45, 7) is 2.95. The minimum Gasteiger partial charge on any atom is -0.367 e. The molecule has 7 nitrogen and oxygen atoms in total. The molecular formula is C9H15N7. The highest BCUT2D eigenvalue weighted by Crippen LogP contribution is 2.06. The van der Waals surface area contributed by atoms with Crippen LogP contribution in [0.1, 0.15) is 6.92 Å². The quantitative estimate of drug-likeness (QED) is 0.776. The fraction of sp³-hybridized carbons (Fsp3) is 0.556. The van der Waals surface area contributed by atoms with Gasteiger partial charge < -0.3 is 10.2 Å². The van der Waals surface area contributed by atoms with Crippen molar-refractivity contribution in [1.82, 2.24) is 29.9 Å². The van der Waals surface area contributed by atoms with Crippen molar-refractivity contribution in [3.63, 3.8) is 0 Å². The SMILES string of the molecule is CC(CNc1cncc2nnnn12)N(C)C. The average molecular weight is 221 g/mol. The molecule has 0 radical (unpaired) electrons. The highest BCUT2D eigenvalue weighted by Gasteiger charge is 2.07. The Labute approximate surface area is 93.5 Å². The number of aromatic nitrogens is 5. The summed E-state index contributed by atoms with van der Waals surface area (Å²) in [6, 6.07) is 0.423. The molecule has 0 aromatic carbocycles. The largest absolute Gasteiger partial charge is 0.367 e. The number of anilines is 1. The van der Waals surface area contributed by atoms with Crippen LogP contribution in [-0.2, 0) is 0 Å². The fourth-order valence-corrected chi connectivity index (χ4v) is 1.23. The second-order valence-corrected chi connectivity index (χ2v) is 3.93. The van der Waals surface area contributed by atoms with Crippen molar-refractivity contribution < 1.29 is 0 Å². The third-order valence-corrected chi connectivity index (χ3v) is 2.57. The van der Waals surface area contributed by atoms with Crippen molar-refractivity contribution in [2.45, 2.75) is 13.0 Å². The van der Waals surface area contributed by atoms with E-state index in [2.05, 4.69) is 37.6 Å². The van der Waals surface area contributed by atoms with Crippen molar-refractivity contribution in [2.24, 2.45) is 0 Å². The highest BCUT2D eigenvalue weighted by atomic mass is 15.5. The number of hydrogen-bond donors (Lipinski definition) is 1. The van der Waals surface area contributed by atoms with Gasteiger partial charge in [-0.25, -0.2) is 0 Å². The second-order valence-electron chi connectivity index (χ2n) is 3.93. The fourth-order valence-electron chi connectivity index (χ4n) is 1.23. The zero-order valence-corrected chi connectivity index (χ0v) is 9.62. The molecule has 2 aromatic heterocycles. The molecule has 0 aliphatic carbocycles. The van der Waals surface area contributed by atoms with Gasteiger partial charge in [-0.3, -0.25) is 4.98 Å². The van der Waals surface area contributed by atoms with Crippen LogP contribution in [0.15, 0.2) is 12.4 Å². The Balaban J connectivity index is 2.12. The summed E-state index contributed by atoms with van der Waals surface area (Å²) in [5, 5.41) is 14.6. The van der Waals surface area contributed by atoms with Gasteiger partial charge in [0, 0.05) is 12.6 Å². The van der Waals surface area contributed by atoms with Crippen LogP contribution in [0, 0.1) is 0 Å². The van der Waals surface area contributed by atoms with Gasteiger partial charge in [-0.15, -0.1) is 5.10 Å². The average Bonchev–Trinajstić information content (AvgIpc) is 2.73. The van der Waals surface area contributed by atoms with E-state index in [9.17, 15) is 0 Å². The predicted molar refractivity (Wildman–Crippen MR) is 60.2 cm³/mol. The molecule has 0 bridgehead atoms. The molecule has 0 aliphatic heterocycles. The van der Waals surface area contributed by atoms with E-state index in [0.717, 1.165) is 12.4 Å². The van der Waals surface area contributed by atoms with Crippen LogP contribution in [0.4, 0.5) is 5.82 Å². The van der Waals surface area contributed by atoms with Crippen LogP contribution in [0.3, 0.4) is 0 Å². The van der Waals surface area contributed by atoms with Crippen LogP contribution in [-0.4, -0.2) is 56.6 Å². The Bertz CT molecular complexity index is 464. The third-order valence-electron chi connectivity index (χ3n) is 2.57. The number of hydrogen-bond acceptors (Lipinski definition) is 6. The van der Waals surface area contributed by atoms with Crippen molar-refractivity contribution in [3.05, 3.63) is 12.4 Å². The molecule has 0 amide bonds. The van der Waals surface area contributed by atoms with E-state index in [1.807, 2.05) is 14.1 Å². The summed E-state index contributed by atoms with van der Waals surface area (Å²) in [5.74, 6) is 0.802. The van der Waals surface area contributed by atoms with Crippen molar-refractivity contribution in [3.8, 4) is 0 Å². The Kier molecular flexibility index (Phi) is 2.95. The van der Waals surface area contributed by atoms with Gasteiger partial charge in [-0.2, -0.15) is 4.52 Å². The predicted octanol–water partition coefficient (Wildman–Crippen LogP) is -0.119. The standard InChI is InChI=1S/C9H15N7/c1-7(15(2)3)4-11-8-5-10-6-9-12-13-14-16(8)9/h5-7,11H,4H2,1-3H3. The number of fused-ring (bicyclic) bond motifs is 1. The van der Waals surface area contributed by atoms with Crippen molar-refractivity contribution in [2.75, 3.05) is 26.0 Å². The minimum atomic E-state index is 0.423. The maximum absolute atomic E-state index is 4.07. The summed E-state index contributed by atoms with van der Waals surface area (Å²) >= 11 is 0. The molecular weight excluding hydrogens is 206 g/mol. The molecule has 1 N–H and O–H groups in total. The zero-order chi connectivity index (χ0) is 11.5. The van der Waals surface area contributed by atoms with Gasteiger partial charge in [0.05, 0.1) is 12.4 Å². The van der Waals surface area contributed by atoms with Gasteiger partial charge >= 0.3 is 0 Å². The molecule has 86 valence electrons. The number of nitrogens with zero attached hydrogens (tertiary/aromatic N) is 6. The molecule has 2 heterocycles. The second kappa shape index (κ2) is 4.40. The summed E-state index contributed by atoms with van der Waals surface area (Å²) in [6.07, 6.45) is 3.34. The third kappa shape index (κ3) is 2.08. The van der Waals surface area contributed by atoms with Gasteiger partial charge in [0.25, 0.3) is 0 Å². The lowest BCUT2D eigenvalue weighted by atomic mass is 10.3. The van der Waals surface area contributed by atoms with Crippen LogP contribution >= 0.6 is 0 Å². The first-order chi connectivity index (χ1) is 7.68. The minimum absolute atomic E-state index is 0.423. The number of nitrogens with one attached hydrogen (secondary N) is 1. The van der Waals surface area contributed by atoms with Crippen LogP contribution in [0.25, 0.3) is 5.65 Å². The van der Waals surface area contributed by atoms with E-state index in [0.29, 0.717) is 11.7 Å². The van der Waals surface area contributed by atoms with E-state index in [-0.39, 0.29) is 0 Å². The van der Waals surface area contributed by atoms with E-state index in [4.69, 9.17) is 0 Å². The molecule has 0 saturated carbocycles. The van der Waals surface area contributed by atoms with E-state index in [1.54, 1.807) is 16.9 Å². The first kappa shape index (κ1) is 10.7. The topological polar surface area (TPSA) is 71.2 Å². The summed E-state index contributed by atoms with van der Waals surface area (Å²) in [4.78, 5) is 6.21. The molecule has 7 heteroatoms. The van der Waals surface area contributed by atoms with Gasteiger partial charge in [0.1, 0.15) is 5.82 Å². The Hall–Kier alpha value is -1.76. The molecule has 0 saturated heterocycles. The first-order valence-corrected chi connectivity index (χ1v) is 5.11. The number of rotatable bonds is 4. The smallest absolute Gasteiger partial charge is 0.199 e. The van der Waals surface area contributed by atoms with Crippen molar-refractivity contribution >= 4 is 11.5 Å². The monoisotopic (exact) mass is 221 g/mol. The van der Waals surface area contributed by atoms with Crippen molar-refractivity contribution in [1.29, 1.82) is 0 Å². The zero-order valence-electron chi connectivity index (χ0n) is 9.62. The summed E-state index contributed by atoms with van der Waals surface area (Å²) in [7, 11) is 4.09. The Morgan fingerprint density at radius 1 is 1.44 bits per heavy atom. The lowest BCUT2D eigenvalue weighted by Crippen LogP contribution is -2.32. The summed E-state index contributed by atoms with van der Waals surface area (Å²) < 4.78 is 1.63. The van der Waals surface area contributed by atoms with Gasteiger partial charge in [0.15, 0.2) is 5.65 Å². The highest BCUT2D eigenvalue weighted by molar-refractivity contribution is 5.43. The van der Waals surface area contributed by atoms with E-state index in [1.165, 1.54) is 0 Å². The molecule has 16 heavy (non-hydrogen) atoms. The first-order valence-electron chi connectivity index (χ1n) is 5.11. The lowest BCUT2D eigenvalue weighted by molar-refractivity contribution is 0.326. The number of likely N-dealkylation sites (N-methyl/N-ethyl adjacent to an activating group) is 1. The molecule has 2 rings (SSSR count). The van der Waals surface area contributed by atoms with E-state index >= 15 is 0 Å². The maximum atomic E-state index is 4.07. The number of tetrazole rings is 1. The van der Waals surface area contributed by atoms with Gasteiger partial charge in [-0.1, -0.05) is 0 Å². The Morgan fingerprint density at radius 3 is 3.00 bits per heavy atom. The molecule has 0 spiro atoms. The Morgan fingerprint density at radius 2 is 2.25 bits per heavy atom. The van der Waals surface area contributed by atoms with Crippen LogP contribution in [0.5, 0.6) is 0 Å². The molecule has 0 aliphatic rings. The molecule has 1 unspecified atom stereocenters.